The number of rotatable bonds is 8. The fourth-order valence-corrected chi connectivity index (χ4v) is 3.12. The van der Waals surface area contributed by atoms with E-state index in [1.807, 2.05) is 6.92 Å². The number of hydrogen-bond donors (Lipinski definition) is 1. The predicted octanol–water partition coefficient (Wildman–Crippen LogP) is 6.86. The molecule has 0 aliphatic carbocycles. The van der Waals surface area contributed by atoms with Gasteiger partial charge in [0.1, 0.15) is 18.2 Å². The van der Waals surface area contributed by atoms with Gasteiger partial charge in [0.05, 0.1) is 11.6 Å². The Hall–Kier alpha value is -2.50. The molecule has 0 aliphatic heterocycles. The molecule has 1 N–H and O–H groups in total. The minimum atomic E-state index is -0.443. The molecular formula is C22H19Cl2F2NO2. The van der Waals surface area contributed by atoms with Gasteiger partial charge in [0.15, 0.2) is 11.5 Å². The number of anilines is 1. The summed E-state index contributed by atoms with van der Waals surface area (Å²) < 4.78 is 38.4. The molecule has 0 unspecified atom stereocenters. The van der Waals surface area contributed by atoms with Gasteiger partial charge in [0.2, 0.25) is 0 Å². The summed E-state index contributed by atoms with van der Waals surface area (Å²) in [5.74, 6) is 0.132. The van der Waals surface area contributed by atoms with Gasteiger partial charge in [-0.25, -0.2) is 8.78 Å². The Bertz CT molecular complexity index is 961. The third kappa shape index (κ3) is 5.52. The fourth-order valence-electron chi connectivity index (χ4n) is 2.68. The molecule has 7 heteroatoms. The van der Waals surface area contributed by atoms with Gasteiger partial charge in [-0.3, -0.25) is 0 Å². The Morgan fingerprint density at radius 1 is 0.897 bits per heavy atom. The highest BCUT2D eigenvalue weighted by Gasteiger charge is 2.14. The Morgan fingerprint density at radius 3 is 2.31 bits per heavy atom. The third-order valence-electron chi connectivity index (χ3n) is 4.17. The van der Waals surface area contributed by atoms with E-state index in [1.165, 1.54) is 24.3 Å². The number of benzene rings is 3. The minimum absolute atomic E-state index is 0.0604. The summed E-state index contributed by atoms with van der Waals surface area (Å²) in [6.45, 7) is 2.62. The average Bonchev–Trinajstić information content (AvgIpc) is 2.69. The number of ether oxygens (including phenoxy) is 2. The molecule has 0 heterocycles. The second-order valence-corrected chi connectivity index (χ2v) is 6.99. The lowest BCUT2D eigenvalue weighted by Gasteiger charge is -2.16. The maximum absolute atomic E-state index is 14.0. The smallest absolute Gasteiger partial charge is 0.163 e. The van der Waals surface area contributed by atoms with Gasteiger partial charge in [-0.05, 0) is 55.0 Å². The average molecular weight is 438 g/mol. The molecule has 0 spiro atoms. The van der Waals surface area contributed by atoms with Gasteiger partial charge in [-0.15, -0.1) is 0 Å². The van der Waals surface area contributed by atoms with Crippen molar-refractivity contribution >= 4 is 28.9 Å². The molecular weight excluding hydrogens is 419 g/mol. The van der Waals surface area contributed by atoms with Crippen molar-refractivity contribution in [2.75, 3.05) is 11.9 Å². The Kier molecular flexibility index (Phi) is 7.18. The first-order valence-corrected chi connectivity index (χ1v) is 9.74. The van der Waals surface area contributed by atoms with Crippen LogP contribution in [0.15, 0.2) is 54.6 Å². The van der Waals surface area contributed by atoms with Crippen molar-refractivity contribution in [2.45, 2.75) is 20.1 Å². The summed E-state index contributed by atoms with van der Waals surface area (Å²) >= 11 is 12.5. The lowest BCUT2D eigenvalue weighted by atomic mass is 10.2. The molecule has 29 heavy (non-hydrogen) atoms. The minimum Gasteiger partial charge on any atom is -0.490 e. The van der Waals surface area contributed by atoms with Crippen molar-refractivity contribution in [1.82, 2.24) is 0 Å². The zero-order chi connectivity index (χ0) is 20.8. The number of nitrogens with one attached hydrogen (secondary N) is 1. The second kappa shape index (κ2) is 9.81. The first-order chi connectivity index (χ1) is 14.0. The van der Waals surface area contributed by atoms with Crippen molar-refractivity contribution in [3.05, 3.63) is 87.4 Å². The highest BCUT2D eigenvalue weighted by atomic mass is 35.5. The summed E-state index contributed by atoms with van der Waals surface area (Å²) in [7, 11) is 0. The largest absolute Gasteiger partial charge is 0.490 e. The molecule has 0 fully saturated rings. The summed E-state index contributed by atoms with van der Waals surface area (Å²) in [5, 5.41) is 3.92. The van der Waals surface area contributed by atoms with Crippen LogP contribution in [0.2, 0.25) is 10.0 Å². The van der Waals surface area contributed by atoms with E-state index in [2.05, 4.69) is 5.32 Å². The summed E-state index contributed by atoms with van der Waals surface area (Å²) in [6.07, 6.45) is 0. The molecule has 0 saturated heterocycles. The van der Waals surface area contributed by atoms with Crippen LogP contribution in [-0.2, 0) is 13.2 Å². The normalized spacial score (nSPS) is 10.7. The lowest BCUT2D eigenvalue weighted by molar-refractivity contribution is 0.265. The molecule has 3 rings (SSSR count). The van der Waals surface area contributed by atoms with E-state index in [0.29, 0.717) is 29.7 Å². The molecule has 0 atom stereocenters. The molecule has 0 radical (unpaired) electrons. The molecule has 0 amide bonds. The topological polar surface area (TPSA) is 30.5 Å². The van der Waals surface area contributed by atoms with E-state index in [-0.39, 0.29) is 23.0 Å². The molecule has 0 saturated carbocycles. The Balaban J connectivity index is 1.77. The van der Waals surface area contributed by atoms with E-state index in [9.17, 15) is 8.78 Å². The number of hydrogen-bond acceptors (Lipinski definition) is 3. The van der Waals surface area contributed by atoms with Crippen LogP contribution in [-0.4, -0.2) is 6.61 Å². The molecule has 0 bridgehead atoms. The van der Waals surface area contributed by atoms with E-state index >= 15 is 0 Å². The van der Waals surface area contributed by atoms with Gasteiger partial charge >= 0.3 is 0 Å². The van der Waals surface area contributed by atoms with Crippen molar-refractivity contribution in [3.63, 3.8) is 0 Å². The van der Waals surface area contributed by atoms with Gasteiger partial charge < -0.3 is 14.8 Å². The standard InChI is InChI=1S/C22H19Cl2F2NO2/c1-2-28-21-10-14(12-27-16-8-6-15(25)7-9-16)19(24)11-22(21)29-13-17-18(23)4-3-5-20(17)26/h3-11,27H,2,12-13H2,1H3. The maximum atomic E-state index is 14.0. The lowest BCUT2D eigenvalue weighted by Crippen LogP contribution is -2.05. The van der Waals surface area contributed by atoms with Crippen LogP contribution in [0.25, 0.3) is 0 Å². The maximum Gasteiger partial charge on any atom is 0.163 e. The van der Waals surface area contributed by atoms with Crippen molar-refractivity contribution < 1.29 is 18.3 Å². The molecule has 3 aromatic rings. The van der Waals surface area contributed by atoms with Gasteiger partial charge in [0, 0.05) is 28.9 Å². The highest BCUT2D eigenvalue weighted by molar-refractivity contribution is 6.31. The molecule has 0 aromatic heterocycles. The van der Waals surface area contributed by atoms with Crippen molar-refractivity contribution in [2.24, 2.45) is 0 Å². The van der Waals surface area contributed by atoms with Crippen LogP contribution in [0.4, 0.5) is 14.5 Å². The zero-order valence-corrected chi connectivity index (χ0v) is 17.2. The molecule has 0 aliphatic rings. The SMILES string of the molecule is CCOc1cc(CNc2ccc(F)cc2)c(Cl)cc1OCc1c(F)cccc1Cl. The Morgan fingerprint density at radius 2 is 1.62 bits per heavy atom. The van der Waals surface area contributed by atoms with Gasteiger partial charge in [-0.1, -0.05) is 29.3 Å². The van der Waals surface area contributed by atoms with Crippen molar-refractivity contribution in [1.29, 1.82) is 0 Å². The van der Waals surface area contributed by atoms with E-state index in [0.717, 1.165) is 11.3 Å². The van der Waals surface area contributed by atoms with Crippen LogP contribution in [0.1, 0.15) is 18.1 Å². The van der Waals surface area contributed by atoms with E-state index < -0.39 is 5.82 Å². The Labute approximate surface area is 178 Å². The fraction of sp³-hybridized carbons (Fsp3) is 0.182. The molecule has 152 valence electrons. The van der Waals surface area contributed by atoms with E-state index in [4.69, 9.17) is 32.7 Å². The van der Waals surface area contributed by atoms with Crippen LogP contribution in [0.3, 0.4) is 0 Å². The van der Waals surface area contributed by atoms with Crippen LogP contribution in [0.5, 0.6) is 11.5 Å². The quantitative estimate of drug-likeness (QED) is 0.417. The van der Waals surface area contributed by atoms with E-state index in [1.54, 1.807) is 30.3 Å². The van der Waals surface area contributed by atoms with Crippen LogP contribution >= 0.6 is 23.2 Å². The molecule has 3 aromatic carbocycles. The zero-order valence-electron chi connectivity index (χ0n) is 15.6. The first kappa shape index (κ1) is 21.2. The first-order valence-electron chi connectivity index (χ1n) is 8.98. The summed E-state index contributed by atoms with van der Waals surface area (Å²) in [4.78, 5) is 0. The monoisotopic (exact) mass is 437 g/mol. The second-order valence-electron chi connectivity index (χ2n) is 6.17. The van der Waals surface area contributed by atoms with Gasteiger partial charge in [-0.2, -0.15) is 0 Å². The summed E-state index contributed by atoms with van der Waals surface area (Å²) in [5.41, 5.74) is 1.79. The van der Waals surface area contributed by atoms with Crippen molar-refractivity contribution in [3.8, 4) is 11.5 Å². The molecule has 3 nitrogen and oxygen atoms in total. The predicted molar refractivity (Wildman–Crippen MR) is 112 cm³/mol. The van der Waals surface area contributed by atoms with Crippen LogP contribution < -0.4 is 14.8 Å². The number of halogens is 4. The van der Waals surface area contributed by atoms with Gasteiger partial charge in [0.25, 0.3) is 0 Å². The summed E-state index contributed by atoms with van der Waals surface area (Å²) in [6, 6.07) is 13.9. The third-order valence-corrected chi connectivity index (χ3v) is 4.88. The van der Waals surface area contributed by atoms with Crippen LogP contribution in [0, 0.1) is 11.6 Å². The highest BCUT2D eigenvalue weighted by Crippen LogP contribution is 2.35.